The van der Waals surface area contributed by atoms with Crippen molar-refractivity contribution in [2.24, 2.45) is 0 Å². The topological polar surface area (TPSA) is 47.6 Å². The molecule has 1 unspecified atom stereocenters. The smallest absolute Gasteiger partial charge is 0.219 e. The molecule has 1 N–H and O–H groups in total. The van der Waals surface area contributed by atoms with Gasteiger partial charge in [-0.25, -0.2) is 0 Å². The van der Waals surface area contributed by atoms with Crippen LogP contribution >= 0.6 is 0 Å². The Kier molecular flexibility index (Phi) is 15.1. The van der Waals surface area contributed by atoms with E-state index in [1.165, 1.54) is 64.2 Å². The van der Waals surface area contributed by atoms with Crippen LogP contribution in [0.3, 0.4) is 0 Å². The van der Waals surface area contributed by atoms with Crippen molar-refractivity contribution in [3.63, 3.8) is 0 Å². The van der Waals surface area contributed by atoms with Crippen LogP contribution in [0.5, 0.6) is 0 Å². The number of rotatable bonds is 16. The van der Waals surface area contributed by atoms with Crippen LogP contribution in [0.1, 0.15) is 96.8 Å². The van der Waals surface area contributed by atoms with Crippen molar-refractivity contribution in [1.82, 2.24) is 5.32 Å². The zero-order valence-corrected chi connectivity index (χ0v) is 16.5. The van der Waals surface area contributed by atoms with E-state index in [-0.39, 0.29) is 5.91 Å². The normalized spacial score (nSPS) is 17.6. The van der Waals surface area contributed by atoms with Gasteiger partial charge in [0.1, 0.15) is 0 Å². The molecule has 4 nitrogen and oxygen atoms in total. The van der Waals surface area contributed by atoms with Crippen molar-refractivity contribution in [3.05, 3.63) is 0 Å². The van der Waals surface area contributed by atoms with Crippen molar-refractivity contribution >= 4 is 5.91 Å². The van der Waals surface area contributed by atoms with Crippen LogP contribution in [0.15, 0.2) is 0 Å². The molecule has 1 amide bonds. The Labute approximate surface area is 155 Å². The Balaban J connectivity index is 1.74. The Morgan fingerprint density at radius 2 is 1.56 bits per heavy atom. The zero-order chi connectivity index (χ0) is 18.0. The minimum Gasteiger partial charge on any atom is -0.376 e. The van der Waals surface area contributed by atoms with E-state index >= 15 is 0 Å². The fourth-order valence-electron chi connectivity index (χ4n) is 3.29. The summed E-state index contributed by atoms with van der Waals surface area (Å²) in [6.07, 6.45) is 17.1. The molecule has 4 heteroatoms. The van der Waals surface area contributed by atoms with E-state index in [1.54, 1.807) is 0 Å². The molecule has 1 fully saturated rings. The summed E-state index contributed by atoms with van der Waals surface area (Å²) in [4.78, 5) is 11.7. The molecule has 0 aliphatic carbocycles. The van der Waals surface area contributed by atoms with Crippen LogP contribution < -0.4 is 5.32 Å². The minimum atomic E-state index is 0.241. The van der Waals surface area contributed by atoms with Gasteiger partial charge in [-0.15, -0.1) is 0 Å². The van der Waals surface area contributed by atoms with Crippen molar-refractivity contribution in [2.75, 3.05) is 26.4 Å². The van der Waals surface area contributed by atoms with Gasteiger partial charge in [0.15, 0.2) is 0 Å². The summed E-state index contributed by atoms with van der Waals surface area (Å²) in [5.41, 5.74) is 0. The number of unbranched alkanes of at least 4 members (excludes halogenated alkanes) is 10. The van der Waals surface area contributed by atoms with Crippen LogP contribution in [-0.2, 0) is 14.3 Å². The van der Waals surface area contributed by atoms with Crippen LogP contribution in [0.25, 0.3) is 0 Å². The molecule has 0 saturated carbocycles. The van der Waals surface area contributed by atoms with Gasteiger partial charge in [0.25, 0.3) is 0 Å². The molecule has 1 saturated heterocycles. The highest BCUT2D eigenvalue weighted by atomic mass is 16.6. The van der Waals surface area contributed by atoms with Crippen molar-refractivity contribution in [1.29, 1.82) is 0 Å². The summed E-state index contributed by atoms with van der Waals surface area (Å²) in [5, 5.41) is 3.04. The summed E-state index contributed by atoms with van der Waals surface area (Å²) < 4.78 is 11.1. The van der Waals surface area contributed by atoms with Gasteiger partial charge in [0.2, 0.25) is 5.91 Å². The van der Waals surface area contributed by atoms with Gasteiger partial charge in [-0.05, 0) is 19.3 Å². The minimum absolute atomic E-state index is 0.241. The van der Waals surface area contributed by atoms with Gasteiger partial charge in [-0.1, -0.05) is 71.1 Å². The number of carbonyl (C=O) groups is 1. The second-order valence-electron chi connectivity index (χ2n) is 7.35. The first-order valence-corrected chi connectivity index (χ1v) is 10.8. The third-order valence-electron chi connectivity index (χ3n) is 4.92. The highest BCUT2D eigenvalue weighted by molar-refractivity contribution is 5.75. The maximum Gasteiger partial charge on any atom is 0.219 e. The van der Waals surface area contributed by atoms with Crippen LogP contribution in [0.2, 0.25) is 0 Å². The first-order chi connectivity index (χ1) is 12.3. The van der Waals surface area contributed by atoms with Gasteiger partial charge < -0.3 is 14.8 Å². The van der Waals surface area contributed by atoms with Crippen LogP contribution in [-0.4, -0.2) is 38.4 Å². The monoisotopic (exact) mass is 355 g/mol. The number of nitrogens with one attached hydrogen (secondary N) is 1. The SMILES string of the molecule is CCCCCCNC(=O)CCCCCCCCCCC1COCCO1. The maximum atomic E-state index is 11.7. The first kappa shape index (κ1) is 22.4. The van der Waals surface area contributed by atoms with Crippen molar-refractivity contribution in [2.45, 2.75) is 103 Å². The molecule has 0 aromatic carbocycles. The van der Waals surface area contributed by atoms with Gasteiger partial charge in [0.05, 0.1) is 25.9 Å². The second-order valence-corrected chi connectivity index (χ2v) is 7.35. The summed E-state index contributed by atoms with van der Waals surface area (Å²) in [6.45, 7) is 5.38. The number of ether oxygens (including phenoxy) is 2. The highest BCUT2D eigenvalue weighted by Gasteiger charge is 2.13. The zero-order valence-electron chi connectivity index (χ0n) is 16.5. The van der Waals surface area contributed by atoms with E-state index < -0.39 is 0 Å². The van der Waals surface area contributed by atoms with Crippen molar-refractivity contribution < 1.29 is 14.3 Å². The molecule has 25 heavy (non-hydrogen) atoms. The predicted octanol–water partition coefficient (Wildman–Crippen LogP) is 5.00. The number of amides is 1. The van der Waals surface area contributed by atoms with Gasteiger partial charge in [-0.3, -0.25) is 4.79 Å². The average Bonchev–Trinajstić information content (AvgIpc) is 2.64. The summed E-state index contributed by atoms with van der Waals surface area (Å²) in [6, 6.07) is 0. The van der Waals surface area contributed by atoms with E-state index in [2.05, 4.69) is 12.2 Å². The number of hydrogen-bond acceptors (Lipinski definition) is 3. The Morgan fingerprint density at radius 1 is 0.880 bits per heavy atom. The fourth-order valence-corrected chi connectivity index (χ4v) is 3.29. The van der Waals surface area contributed by atoms with E-state index in [0.717, 1.165) is 45.6 Å². The predicted molar refractivity (Wildman–Crippen MR) is 104 cm³/mol. The quantitative estimate of drug-likeness (QED) is 0.396. The molecule has 148 valence electrons. The van der Waals surface area contributed by atoms with Gasteiger partial charge in [0, 0.05) is 13.0 Å². The third kappa shape index (κ3) is 14.3. The van der Waals surface area contributed by atoms with Crippen LogP contribution in [0, 0.1) is 0 Å². The van der Waals surface area contributed by atoms with Gasteiger partial charge in [-0.2, -0.15) is 0 Å². The van der Waals surface area contributed by atoms with E-state index in [0.29, 0.717) is 12.5 Å². The molecule has 1 rings (SSSR count). The molecule has 1 heterocycles. The highest BCUT2D eigenvalue weighted by Crippen LogP contribution is 2.14. The molecule has 0 spiro atoms. The number of hydrogen-bond donors (Lipinski definition) is 1. The average molecular weight is 356 g/mol. The summed E-state index contributed by atoms with van der Waals surface area (Å²) in [7, 11) is 0. The molecule has 1 aliphatic heterocycles. The standard InChI is InChI=1S/C21H41NO3/c1-2-3-4-13-16-22-21(23)15-12-10-8-6-5-7-9-11-14-20-19-24-17-18-25-20/h20H,2-19H2,1H3,(H,22,23). The largest absolute Gasteiger partial charge is 0.376 e. The van der Waals surface area contributed by atoms with E-state index in [4.69, 9.17) is 9.47 Å². The Morgan fingerprint density at radius 3 is 2.24 bits per heavy atom. The molecule has 1 aliphatic rings. The molecule has 0 aromatic heterocycles. The Bertz CT molecular complexity index is 304. The Hall–Kier alpha value is -0.610. The summed E-state index contributed by atoms with van der Waals surface area (Å²) >= 11 is 0. The number of carbonyl (C=O) groups excluding carboxylic acids is 1. The molecular weight excluding hydrogens is 314 g/mol. The third-order valence-corrected chi connectivity index (χ3v) is 4.92. The summed E-state index contributed by atoms with van der Waals surface area (Å²) in [5.74, 6) is 0.241. The maximum absolute atomic E-state index is 11.7. The fraction of sp³-hybridized carbons (Fsp3) is 0.952. The van der Waals surface area contributed by atoms with E-state index in [9.17, 15) is 4.79 Å². The lowest BCUT2D eigenvalue weighted by molar-refractivity contribution is -0.121. The van der Waals surface area contributed by atoms with Gasteiger partial charge >= 0.3 is 0 Å². The lowest BCUT2D eigenvalue weighted by Crippen LogP contribution is -2.28. The molecule has 1 atom stereocenters. The molecule has 0 aromatic rings. The van der Waals surface area contributed by atoms with Crippen molar-refractivity contribution in [3.8, 4) is 0 Å². The molecular formula is C21H41NO3. The first-order valence-electron chi connectivity index (χ1n) is 10.8. The second kappa shape index (κ2) is 16.8. The van der Waals surface area contributed by atoms with Crippen LogP contribution in [0.4, 0.5) is 0 Å². The van der Waals surface area contributed by atoms with E-state index in [1.807, 2.05) is 0 Å². The molecule has 0 bridgehead atoms. The molecule has 0 radical (unpaired) electrons. The lowest BCUT2D eigenvalue weighted by atomic mass is 10.0. The lowest BCUT2D eigenvalue weighted by Gasteiger charge is -2.22.